The molecule has 38 heavy (non-hydrogen) atoms. The number of amides is 1. The summed E-state index contributed by atoms with van der Waals surface area (Å²) in [5.74, 6) is 0.887. The molecule has 1 atom stereocenters. The zero-order chi connectivity index (χ0) is 26.6. The summed E-state index contributed by atoms with van der Waals surface area (Å²) in [6.45, 7) is 6.53. The predicted molar refractivity (Wildman–Crippen MR) is 145 cm³/mol. The van der Waals surface area contributed by atoms with Crippen LogP contribution in [0.1, 0.15) is 52.6 Å². The second kappa shape index (κ2) is 9.47. The number of oxazole rings is 1. The summed E-state index contributed by atoms with van der Waals surface area (Å²) in [6.07, 6.45) is 2.38. The third-order valence-corrected chi connectivity index (χ3v) is 7.81. The van der Waals surface area contributed by atoms with Gasteiger partial charge in [0.25, 0.3) is 11.5 Å². The number of carbonyl (C=O) groups is 1. The lowest BCUT2D eigenvalue weighted by atomic mass is 9.94. The van der Waals surface area contributed by atoms with Crippen LogP contribution in [0, 0.1) is 13.8 Å². The van der Waals surface area contributed by atoms with Crippen molar-refractivity contribution in [2.45, 2.75) is 45.1 Å². The van der Waals surface area contributed by atoms with Gasteiger partial charge in [0, 0.05) is 43.9 Å². The maximum Gasteiger partial charge on any atom is 0.265 e. The SMILES string of the molecule is Cc1ccc2oc(C3CCN(c4c(C(N)=O)c(=O)n(C)c5cc(O[C@@H]6CCOC6)c(C)cc45)CC3)nc2c1. The van der Waals surface area contributed by atoms with Gasteiger partial charge in [0.2, 0.25) is 0 Å². The Hall–Kier alpha value is -3.85. The lowest BCUT2D eigenvalue weighted by molar-refractivity contribution is 0.0999. The molecule has 1 amide bonds. The summed E-state index contributed by atoms with van der Waals surface area (Å²) < 4.78 is 19.2. The smallest absolute Gasteiger partial charge is 0.265 e. The minimum atomic E-state index is -0.722. The third kappa shape index (κ3) is 4.20. The molecule has 6 rings (SSSR count). The van der Waals surface area contributed by atoms with Crippen molar-refractivity contribution < 1.29 is 18.7 Å². The van der Waals surface area contributed by atoms with E-state index in [0.29, 0.717) is 43.3 Å². The van der Waals surface area contributed by atoms with E-state index in [1.807, 2.05) is 44.2 Å². The minimum absolute atomic E-state index is 0.0117. The number of carbonyl (C=O) groups excluding carboxylic acids is 1. The molecule has 2 saturated heterocycles. The van der Waals surface area contributed by atoms with Gasteiger partial charge in [-0.25, -0.2) is 4.98 Å². The molecule has 2 aromatic heterocycles. The number of hydrogen-bond acceptors (Lipinski definition) is 7. The molecule has 2 N–H and O–H groups in total. The number of hydrogen-bond donors (Lipinski definition) is 1. The van der Waals surface area contributed by atoms with Crippen molar-refractivity contribution in [2.75, 3.05) is 31.2 Å². The lowest BCUT2D eigenvalue weighted by Gasteiger charge is -2.34. The number of nitrogens with zero attached hydrogens (tertiary/aromatic N) is 3. The van der Waals surface area contributed by atoms with Gasteiger partial charge in [-0.1, -0.05) is 6.07 Å². The molecule has 9 nitrogen and oxygen atoms in total. The Balaban J connectivity index is 1.36. The largest absolute Gasteiger partial charge is 0.488 e. The fourth-order valence-corrected chi connectivity index (χ4v) is 5.70. The number of ether oxygens (including phenoxy) is 2. The summed E-state index contributed by atoms with van der Waals surface area (Å²) in [5.41, 5.74) is 10.4. The summed E-state index contributed by atoms with van der Waals surface area (Å²) in [6, 6.07) is 9.90. The molecule has 2 aliphatic heterocycles. The molecule has 0 saturated carbocycles. The molecular weight excluding hydrogens is 484 g/mol. The van der Waals surface area contributed by atoms with Crippen molar-refractivity contribution in [3.8, 4) is 5.75 Å². The predicted octanol–water partition coefficient (Wildman–Crippen LogP) is 3.95. The van der Waals surface area contributed by atoms with Crippen molar-refractivity contribution >= 4 is 33.6 Å². The molecule has 2 aromatic carbocycles. The molecule has 0 aliphatic carbocycles. The lowest BCUT2D eigenvalue weighted by Crippen LogP contribution is -2.38. The number of piperidine rings is 1. The van der Waals surface area contributed by atoms with E-state index in [0.717, 1.165) is 52.8 Å². The van der Waals surface area contributed by atoms with E-state index in [4.69, 9.17) is 24.6 Å². The molecule has 2 aliphatic rings. The number of aryl methyl sites for hydroxylation is 3. The Bertz CT molecular complexity index is 1610. The van der Waals surface area contributed by atoms with Crippen LogP contribution >= 0.6 is 0 Å². The van der Waals surface area contributed by atoms with Crippen molar-refractivity contribution in [3.63, 3.8) is 0 Å². The zero-order valence-corrected chi connectivity index (χ0v) is 22.0. The van der Waals surface area contributed by atoms with Gasteiger partial charge < -0.3 is 29.1 Å². The van der Waals surface area contributed by atoms with Crippen LogP contribution in [0.2, 0.25) is 0 Å². The first kappa shape index (κ1) is 24.5. The highest BCUT2D eigenvalue weighted by Crippen LogP contribution is 2.38. The van der Waals surface area contributed by atoms with E-state index < -0.39 is 11.5 Å². The standard InChI is InChI=1S/C29H32N4O5/c1-16-4-5-23-21(12-16)31-28(38-23)18-6-9-33(10-7-18)26-20-13-17(2)24(37-19-8-11-36-15-19)14-22(20)32(3)29(35)25(26)27(30)34/h4-5,12-14,18-19H,6-11,15H2,1-3H3,(H2,30,34)/t19-/m1/s1. The van der Waals surface area contributed by atoms with E-state index in [2.05, 4.69) is 4.90 Å². The van der Waals surface area contributed by atoms with Crippen LogP contribution in [0.5, 0.6) is 5.75 Å². The highest BCUT2D eigenvalue weighted by Gasteiger charge is 2.30. The van der Waals surface area contributed by atoms with E-state index in [1.165, 1.54) is 4.57 Å². The normalized spacial score (nSPS) is 18.5. The number of pyridine rings is 1. The van der Waals surface area contributed by atoms with E-state index in [9.17, 15) is 9.59 Å². The maximum absolute atomic E-state index is 13.4. The van der Waals surface area contributed by atoms with Gasteiger partial charge in [0.15, 0.2) is 11.5 Å². The molecule has 4 heterocycles. The van der Waals surface area contributed by atoms with Crippen LogP contribution in [0.4, 0.5) is 5.69 Å². The Kier molecular flexibility index (Phi) is 6.10. The third-order valence-electron chi connectivity index (χ3n) is 7.81. The number of benzene rings is 2. The minimum Gasteiger partial charge on any atom is -0.488 e. The summed E-state index contributed by atoms with van der Waals surface area (Å²) in [4.78, 5) is 32.8. The summed E-state index contributed by atoms with van der Waals surface area (Å²) in [7, 11) is 1.67. The van der Waals surface area contributed by atoms with Crippen molar-refractivity contribution in [1.82, 2.24) is 9.55 Å². The van der Waals surface area contributed by atoms with Crippen molar-refractivity contribution in [1.29, 1.82) is 0 Å². The summed E-state index contributed by atoms with van der Waals surface area (Å²) in [5, 5.41) is 0.809. The van der Waals surface area contributed by atoms with Gasteiger partial charge in [0.1, 0.15) is 22.9 Å². The van der Waals surface area contributed by atoms with Gasteiger partial charge in [-0.3, -0.25) is 9.59 Å². The molecule has 9 heteroatoms. The number of rotatable bonds is 5. The summed E-state index contributed by atoms with van der Waals surface area (Å²) >= 11 is 0. The van der Waals surface area contributed by atoms with Gasteiger partial charge in [-0.2, -0.15) is 0 Å². The van der Waals surface area contributed by atoms with Crippen molar-refractivity contribution in [3.05, 3.63) is 63.3 Å². The zero-order valence-electron chi connectivity index (χ0n) is 22.0. The van der Waals surface area contributed by atoms with Gasteiger partial charge in [0.05, 0.1) is 24.4 Å². The number of primary amides is 1. The molecule has 198 valence electrons. The highest BCUT2D eigenvalue weighted by atomic mass is 16.5. The Morgan fingerprint density at radius 2 is 1.92 bits per heavy atom. The van der Waals surface area contributed by atoms with E-state index >= 15 is 0 Å². The van der Waals surface area contributed by atoms with Crippen LogP contribution < -0.4 is 20.9 Å². The van der Waals surface area contributed by atoms with Gasteiger partial charge in [-0.05, 0) is 56.0 Å². The van der Waals surface area contributed by atoms with Crippen LogP contribution in [-0.2, 0) is 11.8 Å². The number of aromatic nitrogens is 2. The molecule has 0 radical (unpaired) electrons. The molecular formula is C29H32N4O5. The monoisotopic (exact) mass is 516 g/mol. The second-order valence-corrected chi connectivity index (χ2v) is 10.5. The maximum atomic E-state index is 13.4. The van der Waals surface area contributed by atoms with Gasteiger partial charge >= 0.3 is 0 Å². The van der Waals surface area contributed by atoms with E-state index in [1.54, 1.807) is 7.05 Å². The molecule has 2 fully saturated rings. The average Bonchev–Trinajstić information content (AvgIpc) is 3.56. The first-order valence-electron chi connectivity index (χ1n) is 13.1. The topological polar surface area (TPSA) is 113 Å². The second-order valence-electron chi connectivity index (χ2n) is 10.5. The number of nitrogens with two attached hydrogens (primary N) is 1. The Labute approximate surface area is 220 Å². The fraction of sp³-hybridized carbons (Fsp3) is 0.414. The Morgan fingerprint density at radius 1 is 1.13 bits per heavy atom. The first-order chi connectivity index (χ1) is 18.3. The molecule has 0 spiro atoms. The van der Waals surface area contributed by atoms with Crippen LogP contribution in [-0.4, -0.2) is 47.9 Å². The first-order valence-corrected chi connectivity index (χ1v) is 13.1. The van der Waals surface area contributed by atoms with Crippen LogP contribution in [0.15, 0.2) is 39.5 Å². The molecule has 0 unspecified atom stereocenters. The number of fused-ring (bicyclic) bond motifs is 2. The van der Waals surface area contributed by atoms with Crippen molar-refractivity contribution in [2.24, 2.45) is 12.8 Å². The van der Waals surface area contributed by atoms with E-state index in [-0.39, 0.29) is 17.6 Å². The average molecular weight is 517 g/mol. The Morgan fingerprint density at radius 3 is 2.63 bits per heavy atom. The number of anilines is 1. The van der Waals surface area contributed by atoms with Gasteiger partial charge in [-0.15, -0.1) is 0 Å². The quantitative estimate of drug-likeness (QED) is 0.427. The van der Waals surface area contributed by atoms with Crippen LogP contribution in [0.3, 0.4) is 0 Å². The fourth-order valence-electron chi connectivity index (χ4n) is 5.70. The highest BCUT2D eigenvalue weighted by molar-refractivity contribution is 6.07. The molecule has 0 bridgehead atoms. The molecule has 4 aromatic rings. The van der Waals surface area contributed by atoms with Crippen LogP contribution in [0.25, 0.3) is 22.0 Å².